The number of fused-ring (bicyclic) bond motifs is 2. The molecular weight excluding hydrogens is 920 g/mol. The first kappa shape index (κ1) is 40.9. The second-order valence-electron chi connectivity index (χ2n) is 17.6. The molecule has 0 unspecified atom stereocenters. The fourth-order valence-electron chi connectivity index (χ4n) is 8.52. The average Bonchev–Trinajstić information content (AvgIpc) is 3.56. The summed E-state index contributed by atoms with van der Waals surface area (Å²) in [6.07, 6.45) is 3.70. The van der Waals surface area contributed by atoms with Crippen LogP contribution in [0.15, 0.2) is 157 Å². The average molecular weight is 968 g/mol. The molecule has 2 aliphatic heterocycles. The zero-order valence-corrected chi connectivity index (χ0v) is 37.3. The summed E-state index contributed by atoms with van der Waals surface area (Å²) in [6.45, 7) is 15.4. The number of para-hydroxylation sites is 1. The largest absolute Gasteiger partial charge is 2.00 e. The van der Waals surface area contributed by atoms with Crippen LogP contribution in [-0.4, -0.2) is 27.5 Å². The third-order valence-electron chi connectivity index (χ3n) is 11.7. The summed E-state index contributed by atoms with van der Waals surface area (Å²) in [4.78, 5) is 17.2. The van der Waals surface area contributed by atoms with Crippen LogP contribution < -0.4 is 9.64 Å². The van der Waals surface area contributed by atoms with Gasteiger partial charge in [-0.3, -0.25) is 9.98 Å². The summed E-state index contributed by atoms with van der Waals surface area (Å²) in [5.41, 5.74) is 9.27. The van der Waals surface area contributed by atoms with E-state index >= 15 is 0 Å². The Labute approximate surface area is 368 Å². The van der Waals surface area contributed by atoms with Crippen molar-refractivity contribution in [3.63, 3.8) is 0 Å². The normalized spacial score (nSPS) is 16.2. The van der Waals surface area contributed by atoms with E-state index < -0.39 is 5.60 Å². The standard InChI is InChI=1S/C53H48N4O2.Pt/c1-51(2,3)39-27-29-55-47(33-39)57-45-24-15-14-22-42(45)52(4,5)43-26-25-40(34-46(43)57)58-41-31-37(44-23-16-17-28-54-44)30-38(32-41)50-56-49(53(6,7)59-50)48(35-18-10-8-11-19-35)36-20-12-9-13-21-36;/h8-31,33,48-49H,1-7H3;/q-2;+2/t49-;/m1./s1. The van der Waals surface area contributed by atoms with E-state index in [0.29, 0.717) is 23.0 Å². The van der Waals surface area contributed by atoms with Gasteiger partial charge in [0.1, 0.15) is 17.3 Å². The third kappa shape index (κ3) is 7.70. The first-order valence-electron chi connectivity index (χ1n) is 20.3. The molecule has 0 bridgehead atoms. The van der Waals surface area contributed by atoms with Crippen molar-refractivity contribution < 1.29 is 30.5 Å². The third-order valence-corrected chi connectivity index (χ3v) is 11.7. The molecule has 2 aromatic heterocycles. The van der Waals surface area contributed by atoms with Crippen LogP contribution in [0.3, 0.4) is 0 Å². The van der Waals surface area contributed by atoms with Crippen LogP contribution in [0.4, 0.5) is 17.2 Å². The second kappa shape index (κ2) is 16.0. The first-order valence-corrected chi connectivity index (χ1v) is 20.3. The van der Waals surface area contributed by atoms with Gasteiger partial charge in [0, 0.05) is 35.5 Å². The van der Waals surface area contributed by atoms with Gasteiger partial charge >= 0.3 is 21.1 Å². The van der Waals surface area contributed by atoms with Crippen molar-refractivity contribution >= 4 is 23.1 Å². The van der Waals surface area contributed by atoms with E-state index in [2.05, 4.69) is 169 Å². The molecule has 5 aromatic carbocycles. The summed E-state index contributed by atoms with van der Waals surface area (Å²) in [5.74, 6) is 2.38. The summed E-state index contributed by atoms with van der Waals surface area (Å²) in [6, 6.07) is 55.1. The Bertz CT molecular complexity index is 2630. The summed E-state index contributed by atoms with van der Waals surface area (Å²) in [7, 11) is 0. The molecule has 0 amide bonds. The van der Waals surface area contributed by atoms with Crippen molar-refractivity contribution in [2.45, 2.75) is 76.9 Å². The number of hydrogen-bond acceptors (Lipinski definition) is 6. The maximum absolute atomic E-state index is 6.82. The molecule has 2 aliphatic rings. The summed E-state index contributed by atoms with van der Waals surface area (Å²) >= 11 is 0. The van der Waals surface area contributed by atoms with E-state index in [1.54, 1.807) is 6.20 Å². The Morgan fingerprint density at radius 2 is 1.37 bits per heavy atom. The fraction of sp³-hybridized carbons (Fsp3) is 0.226. The minimum atomic E-state index is -0.626. The maximum Gasteiger partial charge on any atom is 2.00 e. The molecule has 60 heavy (non-hydrogen) atoms. The van der Waals surface area contributed by atoms with Gasteiger partial charge in [-0.2, -0.15) is 6.07 Å². The number of aliphatic imine (C=N–C) groups is 1. The van der Waals surface area contributed by atoms with E-state index in [1.807, 2.05) is 42.6 Å². The van der Waals surface area contributed by atoms with Crippen molar-refractivity contribution in [3.8, 4) is 22.8 Å². The number of pyridine rings is 2. The Morgan fingerprint density at radius 1 is 0.683 bits per heavy atom. The van der Waals surface area contributed by atoms with Gasteiger partial charge in [-0.25, -0.2) is 4.98 Å². The van der Waals surface area contributed by atoms with Crippen molar-refractivity contribution in [3.05, 3.63) is 197 Å². The van der Waals surface area contributed by atoms with Gasteiger partial charge in [0.05, 0.1) is 11.7 Å². The van der Waals surface area contributed by atoms with Gasteiger partial charge in [-0.1, -0.05) is 148 Å². The summed E-state index contributed by atoms with van der Waals surface area (Å²) in [5, 5.41) is 0. The number of hydrogen-bond donors (Lipinski definition) is 0. The quantitative estimate of drug-likeness (QED) is 0.142. The minimum Gasteiger partial charge on any atom is -0.512 e. The molecule has 6 nitrogen and oxygen atoms in total. The van der Waals surface area contributed by atoms with Crippen molar-refractivity contribution in [1.29, 1.82) is 0 Å². The second-order valence-corrected chi connectivity index (χ2v) is 17.6. The molecule has 0 radical (unpaired) electrons. The maximum atomic E-state index is 6.82. The SMILES string of the molecule is CC(C)(C)c1ccnc(N2c3[c-]c(Oc4[c-]c(C5=N[C@H](C(c6ccccc6)c6ccccc6)C(C)(C)O5)cc(-c5ccccn5)c4)ccc3C(C)(C)c3ccccc32)c1.[Pt+2]. The molecule has 0 saturated carbocycles. The smallest absolute Gasteiger partial charge is 0.512 e. The summed E-state index contributed by atoms with van der Waals surface area (Å²) < 4.78 is 13.6. The molecule has 302 valence electrons. The van der Waals surface area contributed by atoms with Crippen molar-refractivity contribution in [2.24, 2.45) is 4.99 Å². The van der Waals surface area contributed by atoms with E-state index in [0.717, 1.165) is 34.0 Å². The molecule has 0 aliphatic carbocycles. The van der Waals surface area contributed by atoms with Crippen molar-refractivity contribution in [1.82, 2.24) is 9.97 Å². The van der Waals surface area contributed by atoms with E-state index in [-0.39, 0.29) is 43.9 Å². The van der Waals surface area contributed by atoms with Gasteiger partial charge in [0.2, 0.25) is 0 Å². The molecular formula is C53H48N4O2Pt. The minimum absolute atomic E-state index is 0. The van der Waals surface area contributed by atoms with Crippen LogP contribution in [0, 0.1) is 12.1 Å². The van der Waals surface area contributed by atoms with Crippen molar-refractivity contribution in [2.75, 3.05) is 4.90 Å². The Kier molecular flexibility index (Phi) is 10.9. The van der Waals surface area contributed by atoms with Crippen LogP contribution in [0.5, 0.6) is 11.5 Å². The molecule has 0 saturated heterocycles. The van der Waals surface area contributed by atoms with Crippen LogP contribution >= 0.6 is 0 Å². The number of anilines is 3. The van der Waals surface area contributed by atoms with Gasteiger partial charge < -0.3 is 14.4 Å². The first-order chi connectivity index (χ1) is 28.4. The van der Waals surface area contributed by atoms with Crippen LogP contribution in [0.2, 0.25) is 0 Å². The molecule has 9 rings (SSSR count). The number of ether oxygens (including phenoxy) is 2. The van der Waals surface area contributed by atoms with Gasteiger partial charge in [0.15, 0.2) is 0 Å². The molecule has 0 fully saturated rings. The van der Waals surface area contributed by atoms with Crippen LogP contribution in [0.1, 0.15) is 87.8 Å². The topological polar surface area (TPSA) is 59.8 Å². The van der Waals surface area contributed by atoms with E-state index in [1.165, 1.54) is 22.3 Å². The predicted molar refractivity (Wildman–Crippen MR) is 237 cm³/mol. The number of rotatable bonds is 8. The molecule has 7 aromatic rings. The molecule has 0 N–H and O–H groups in total. The molecule has 7 heteroatoms. The zero-order chi connectivity index (χ0) is 40.9. The van der Waals surface area contributed by atoms with Gasteiger partial charge in [-0.15, -0.1) is 23.8 Å². The van der Waals surface area contributed by atoms with Crippen LogP contribution in [-0.2, 0) is 36.6 Å². The number of aromatic nitrogens is 2. The van der Waals surface area contributed by atoms with Crippen LogP contribution in [0.25, 0.3) is 11.3 Å². The van der Waals surface area contributed by atoms with E-state index in [4.69, 9.17) is 24.4 Å². The molecule has 0 spiro atoms. The van der Waals surface area contributed by atoms with E-state index in [9.17, 15) is 0 Å². The Balaban J connectivity index is 0.00000499. The Hall–Kier alpha value is -5.84. The molecule has 1 atom stereocenters. The Morgan fingerprint density at radius 3 is 2.05 bits per heavy atom. The fourth-order valence-corrected chi connectivity index (χ4v) is 8.52. The molecule has 4 heterocycles. The van der Waals surface area contributed by atoms with Gasteiger partial charge in [-0.05, 0) is 77.3 Å². The number of nitrogens with zero attached hydrogens (tertiary/aromatic N) is 4. The monoisotopic (exact) mass is 967 g/mol. The number of benzene rings is 5. The zero-order valence-electron chi connectivity index (χ0n) is 35.0. The van der Waals surface area contributed by atoms with Gasteiger partial charge in [0.25, 0.3) is 0 Å². The predicted octanol–water partition coefficient (Wildman–Crippen LogP) is 12.7.